The molecule has 0 amide bonds. The summed E-state index contributed by atoms with van der Waals surface area (Å²) >= 11 is 0. The molecule has 1 aliphatic rings. The third kappa shape index (κ3) is 2.28. The zero-order valence-electron chi connectivity index (χ0n) is 16.4. The van der Waals surface area contributed by atoms with Gasteiger partial charge in [0.1, 0.15) is 0 Å². The molecule has 1 heteroatoms. The Bertz CT molecular complexity index is 1440. The Hall–Kier alpha value is -3.58. The highest BCUT2D eigenvalue weighted by molar-refractivity contribution is 6.20. The lowest BCUT2D eigenvalue weighted by atomic mass is 9.87. The van der Waals surface area contributed by atoms with E-state index in [4.69, 9.17) is 5.73 Å². The van der Waals surface area contributed by atoms with E-state index in [1.54, 1.807) is 0 Å². The molecule has 5 aromatic carbocycles. The zero-order chi connectivity index (χ0) is 19.5. The van der Waals surface area contributed by atoms with Gasteiger partial charge < -0.3 is 5.73 Å². The highest BCUT2D eigenvalue weighted by Gasteiger charge is 2.25. The number of anilines is 1. The SMILES string of the molecule is Cc1cc(-c2cccc3c2c2c(c4ccccc43)-c3ccccc3C2)ccc1N. The number of aryl methyl sites for hydroxylation is 1. The van der Waals surface area contributed by atoms with Gasteiger partial charge in [-0.3, -0.25) is 0 Å². The topological polar surface area (TPSA) is 26.0 Å². The summed E-state index contributed by atoms with van der Waals surface area (Å²) < 4.78 is 0. The third-order valence-corrected chi connectivity index (χ3v) is 6.39. The molecule has 0 heterocycles. The number of hydrogen-bond acceptors (Lipinski definition) is 1. The first-order valence-corrected chi connectivity index (χ1v) is 10.1. The van der Waals surface area contributed by atoms with Crippen LogP contribution in [0.5, 0.6) is 0 Å². The quantitative estimate of drug-likeness (QED) is 0.242. The number of nitrogens with two attached hydrogens (primary N) is 1. The maximum absolute atomic E-state index is 6.10. The third-order valence-electron chi connectivity index (χ3n) is 6.39. The van der Waals surface area contributed by atoms with Crippen molar-refractivity contribution in [3.05, 3.63) is 102 Å². The van der Waals surface area contributed by atoms with Gasteiger partial charge in [-0.25, -0.2) is 0 Å². The Balaban J connectivity index is 1.80. The molecular weight excluding hydrogens is 350 g/mol. The molecule has 29 heavy (non-hydrogen) atoms. The fraction of sp³-hybridized carbons (Fsp3) is 0.0714. The highest BCUT2D eigenvalue weighted by atomic mass is 14.5. The summed E-state index contributed by atoms with van der Waals surface area (Å²) in [4.78, 5) is 0. The normalized spacial score (nSPS) is 12.3. The van der Waals surface area contributed by atoms with Crippen LogP contribution in [0.25, 0.3) is 43.8 Å². The van der Waals surface area contributed by atoms with Crippen molar-refractivity contribution in [1.29, 1.82) is 0 Å². The molecule has 1 aliphatic carbocycles. The summed E-state index contributed by atoms with van der Waals surface area (Å²) in [5, 5.41) is 5.39. The lowest BCUT2D eigenvalue weighted by molar-refractivity contribution is 1.29. The minimum Gasteiger partial charge on any atom is -0.399 e. The second-order valence-corrected chi connectivity index (χ2v) is 8.03. The lowest BCUT2D eigenvalue weighted by Crippen LogP contribution is -1.93. The molecule has 0 saturated heterocycles. The van der Waals surface area contributed by atoms with Gasteiger partial charge in [0.05, 0.1) is 0 Å². The summed E-state index contributed by atoms with van der Waals surface area (Å²) in [5.41, 5.74) is 16.2. The van der Waals surface area contributed by atoms with Gasteiger partial charge in [0.2, 0.25) is 0 Å². The van der Waals surface area contributed by atoms with Crippen LogP contribution in [0, 0.1) is 6.92 Å². The van der Waals surface area contributed by atoms with Crippen LogP contribution in [0.4, 0.5) is 5.69 Å². The fourth-order valence-electron chi connectivity index (χ4n) is 5.00. The van der Waals surface area contributed by atoms with Crippen molar-refractivity contribution in [1.82, 2.24) is 0 Å². The highest BCUT2D eigenvalue weighted by Crippen LogP contribution is 2.48. The van der Waals surface area contributed by atoms with Crippen molar-refractivity contribution in [3.8, 4) is 22.3 Å². The number of nitrogen functional groups attached to an aromatic ring is 1. The van der Waals surface area contributed by atoms with E-state index < -0.39 is 0 Å². The van der Waals surface area contributed by atoms with Crippen LogP contribution in [0.15, 0.2) is 84.9 Å². The molecule has 6 rings (SSSR count). The van der Waals surface area contributed by atoms with Gasteiger partial charge in [0.25, 0.3) is 0 Å². The van der Waals surface area contributed by atoms with Crippen LogP contribution < -0.4 is 5.73 Å². The van der Waals surface area contributed by atoms with Crippen molar-refractivity contribution in [2.75, 3.05) is 5.73 Å². The van der Waals surface area contributed by atoms with Gasteiger partial charge in [-0.2, -0.15) is 0 Å². The van der Waals surface area contributed by atoms with Gasteiger partial charge in [-0.05, 0) is 86.0 Å². The molecule has 2 N–H and O–H groups in total. The van der Waals surface area contributed by atoms with E-state index >= 15 is 0 Å². The standard InChI is InChI=1S/C28H21N/c1-17-15-19(13-14-26(17)29)21-11-6-12-24-22-9-4-5-10-23(22)27-20-8-3-2-7-18(20)16-25(27)28(21)24/h2-15H,16,29H2,1H3. The fourth-order valence-corrected chi connectivity index (χ4v) is 5.00. The van der Waals surface area contributed by atoms with Crippen LogP contribution in [0.3, 0.4) is 0 Å². The minimum absolute atomic E-state index is 0.845. The number of rotatable bonds is 1. The minimum atomic E-state index is 0.845. The van der Waals surface area contributed by atoms with Gasteiger partial charge in [-0.15, -0.1) is 0 Å². The van der Waals surface area contributed by atoms with Crippen LogP contribution in [0.2, 0.25) is 0 Å². The molecule has 0 spiro atoms. The lowest BCUT2D eigenvalue weighted by Gasteiger charge is -2.16. The number of benzene rings is 5. The summed E-state index contributed by atoms with van der Waals surface area (Å²) in [5.74, 6) is 0. The van der Waals surface area contributed by atoms with Gasteiger partial charge >= 0.3 is 0 Å². The monoisotopic (exact) mass is 371 g/mol. The molecule has 0 fully saturated rings. The predicted octanol–water partition coefficient (Wildman–Crippen LogP) is 7.12. The zero-order valence-corrected chi connectivity index (χ0v) is 16.4. The van der Waals surface area contributed by atoms with E-state index in [1.165, 1.54) is 54.9 Å². The van der Waals surface area contributed by atoms with Crippen LogP contribution >= 0.6 is 0 Å². The average molecular weight is 371 g/mol. The summed E-state index contributed by atoms with van der Waals surface area (Å²) in [6.45, 7) is 2.08. The van der Waals surface area contributed by atoms with Crippen molar-refractivity contribution in [2.24, 2.45) is 0 Å². The second kappa shape index (κ2) is 5.96. The molecule has 0 aliphatic heterocycles. The first-order valence-electron chi connectivity index (χ1n) is 10.1. The van der Waals surface area contributed by atoms with Crippen molar-refractivity contribution in [2.45, 2.75) is 13.3 Å². The molecule has 0 radical (unpaired) electrons. The smallest absolute Gasteiger partial charge is 0.0344 e. The molecule has 1 nitrogen and oxygen atoms in total. The molecule has 0 bridgehead atoms. The molecule has 0 saturated carbocycles. The summed E-state index contributed by atoms with van der Waals surface area (Å²) in [7, 11) is 0. The molecule has 0 atom stereocenters. The largest absolute Gasteiger partial charge is 0.399 e. The van der Waals surface area contributed by atoms with Gasteiger partial charge in [0.15, 0.2) is 0 Å². The Morgan fingerprint density at radius 1 is 0.690 bits per heavy atom. The van der Waals surface area contributed by atoms with Crippen molar-refractivity contribution >= 4 is 27.2 Å². The maximum atomic E-state index is 6.10. The van der Waals surface area contributed by atoms with Crippen molar-refractivity contribution in [3.63, 3.8) is 0 Å². The van der Waals surface area contributed by atoms with Crippen LogP contribution in [-0.2, 0) is 6.42 Å². The van der Waals surface area contributed by atoms with E-state index in [1.807, 2.05) is 6.07 Å². The first kappa shape index (κ1) is 16.4. The van der Waals surface area contributed by atoms with Gasteiger partial charge in [0, 0.05) is 5.69 Å². The van der Waals surface area contributed by atoms with E-state index in [0.717, 1.165) is 17.7 Å². The Morgan fingerprint density at radius 2 is 1.41 bits per heavy atom. The maximum Gasteiger partial charge on any atom is 0.0344 e. The summed E-state index contributed by atoms with van der Waals surface area (Å²) in [6, 6.07) is 30.8. The average Bonchev–Trinajstić information content (AvgIpc) is 3.15. The van der Waals surface area contributed by atoms with E-state index in [-0.39, 0.29) is 0 Å². The Labute approximate surface area is 170 Å². The Kier molecular flexibility index (Phi) is 3.36. The molecule has 138 valence electrons. The van der Waals surface area contributed by atoms with E-state index in [2.05, 4.69) is 85.8 Å². The first-order chi connectivity index (χ1) is 14.2. The number of hydrogen-bond donors (Lipinski definition) is 1. The predicted molar refractivity (Wildman–Crippen MR) is 124 cm³/mol. The van der Waals surface area contributed by atoms with Crippen LogP contribution in [-0.4, -0.2) is 0 Å². The molecule has 0 aromatic heterocycles. The van der Waals surface area contributed by atoms with Crippen LogP contribution in [0.1, 0.15) is 16.7 Å². The second-order valence-electron chi connectivity index (χ2n) is 8.03. The Morgan fingerprint density at radius 3 is 2.28 bits per heavy atom. The van der Waals surface area contributed by atoms with E-state index in [9.17, 15) is 0 Å². The number of fused-ring (bicyclic) bond motifs is 8. The summed E-state index contributed by atoms with van der Waals surface area (Å²) in [6.07, 6.45) is 0.984. The molecular formula is C28H21N. The molecule has 0 unspecified atom stereocenters. The molecule has 5 aromatic rings. The van der Waals surface area contributed by atoms with E-state index in [0.29, 0.717) is 0 Å². The van der Waals surface area contributed by atoms with Gasteiger partial charge in [-0.1, -0.05) is 72.8 Å². The van der Waals surface area contributed by atoms with Crippen molar-refractivity contribution < 1.29 is 0 Å².